The highest BCUT2D eigenvalue weighted by Gasteiger charge is 1.97. The molecule has 0 heterocycles. The minimum Gasteiger partial charge on any atom is -0.481 e. The number of carboxylic acids is 1. The average Bonchev–Trinajstić information content (AvgIpc) is 2.20. The number of thioether (sulfide) groups is 1. The van der Waals surface area contributed by atoms with Crippen LogP contribution in [0.2, 0.25) is 0 Å². The molecule has 0 amide bonds. The zero-order valence-electron chi connectivity index (χ0n) is 10.0. The monoisotopic (exact) mass is 246 g/mol. The van der Waals surface area contributed by atoms with Crippen LogP contribution in [0.3, 0.4) is 0 Å². The van der Waals surface area contributed by atoms with Crippen LogP contribution in [0.4, 0.5) is 0 Å². The molecule has 0 aromatic heterocycles. The van der Waals surface area contributed by atoms with E-state index in [0.29, 0.717) is 6.42 Å². The molecule has 94 valence electrons. The van der Waals surface area contributed by atoms with E-state index in [2.05, 4.69) is 0 Å². The Balaban J connectivity index is 2.98. The van der Waals surface area contributed by atoms with Gasteiger partial charge in [-0.25, -0.2) is 0 Å². The van der Waals surface area contributed by atoms with Gasteiger partial charge >= 0.3 is 5.97 Å². The van der Waals surface area contributed by atoms with E-state index in [1.165, 1.54) is 31.0 Å². The van der Waals surface area contributed by atoms with Crippen LogP contribution in [0, 0.1) is 0 Å². The van der Waals surface area contributed by atoms with Gasteiger partial charge in [0.1, 0.15) is 0 Å². The first kappa shape index (κ1) is 15.5. The summed E-state index contributed by atoms with van der Waals surface area (Å²) >= 11 is 1.40. The van der Waals surface area contributed by atoms with Crippen LogP contribution < -0.4 is 0 Å². The van der Waals surface area contributed by atoms with Crippen molar-refractivity contribution in [2.24, 2.45) is 0 Å². The van der Waals surface area contributed by atoms with E-state index < -0.39 is 5.97 Å². The van der Waals surface area contributed by atoms with Crippen molar-refractivity contribution < 1.29 is 14.7 Å². The number of rotatable bonds is 10. The van der Waals surface area contributed by atoms with E-state index in [-0.39, 0.29) is 5.12 Å². The summed E-state index contributed by atoms with van der Waals surface area (Å²) in [4.78, 5) is 20.9. The van der Waals surface area contributed by atoms with E-state index >= 15 is 0 Å². The average molecular weight is 246 g/mol. The third kappa shape index (κ3) is 13.5. The number of aliphatic carboxylic acids is 1. The molecule has 0 aromatic carbocycles. The van der Waals surface area contributed by atoms with Gasteiger partial charge in [0.15, 0.2) is 5.12 Å². The second-order valence-corrected chi connectivity index (χ2v) is 5.23. The van der Waals surface area contributed by atoms with E-state index in [4.69, 9.17) is 5.11 Å². The van der Waals surface area contributed by atoms with Crippen LogP contribution in [0.15, 0.2) is 0 Å². The van der Waals surface area contributed by atoms with Crippen molar-refractivity contribution in [2.45, 2.75) is 58.3 Å². The minimum atomic E-state index is -0.693. The molecule has 0 unspecified atom stereocenters. The lowest BCUT2D eigenvalue weighted by Crippen LogP contribution is -1.93. The summed E-state index contributed by atoms with van der Waals surface area (Å²) in [5.74, 6) is 0.246. The molecule has 1 N–H and O–H groups in total. The Morgan fingerprint density at radius 1 is 0.938 bits per heavy atom. The molecule has 4 heteroatoms. The van der Waals surface area contributed by atoms with E-state index in [9.17, 15) is 9.59 Å². The number of carbonyl (C=O) groups is 2. The first-order chi connectivity index (χ1) is 7.63. The van der Waals surface area contributed by atoms with Gasteiger partial charge in [0, 0.05) is 19.1 Å². The van der Waals surface area contributed by atoms with Gasteiger partial charge in [-0.2, -0.15) is 0 Å². The fraction of sp³-hybridized carbons (Fsp3) is 0.833. The maximum atomic E-state index is 10.6. The normalized spacial score (nSPS) is 10.3. The molecule has 0 atom stereocenters. The van der Waals surface area contributed by atoms with Crippen molar-refractivity contribution >= 4 is 22.8 Å². The molecule has 0 rings (SSSR count). The molecular formula is C12H22O3S. The van der Waals surface area contributed by atoms with Crippen molar-refractivity contribution in [3.63, 3.8) is 0 Å². The molecule has 0 radical (unpaired) electrons. The summed E-state index contributed by atoms with van der Waals surface area (Å²) < 4.78 is 0. The third-order valence-corrected chi connectivity index (χ3v) is 3.24. The summed E-state index contributed by atoms with van der Waals surface area (Å²) in [5.41, 5.74) is 0. The van der Waals surface area contributed by atoms with E-state index in [0.717, 1.165) is 31.4 Å². The number of carboxylic acid groups (broad SMARTS) is 1. The summed E-state index contributed by atoms with van der Waals surface area (Å²) in [7, 11) is 0. The summed E-state index contributed by atoms with van der Waals surface area (Å²) in [6.07, 6.45) is 7.93. The van der Waals surface area contributed by atoms with Crippen LogP contribution in [0.25, 0.3) is 0 Å². The van der Waals surface area contributed by atoms with Gasteiger partial charge < -0.3 is 5.11 Å². The highest BCUT2D eigenvalue weighted by Crippen LogP contribution is 2.11. The Morgan fingerprint density at radius 2 is 1.44 bits per heavy atom. The van der Waals surface area contributed by atoms with Crippen molar-refractivity contribution in [3.05, 3.63) is 0 Å². The fourth-order valence-corrected chi connectivity index (χ4v) is 2.11. The summed E-state index contributed by atoms with van der Waals surface area (Å²) in [6, 6.07) is 0. The summed E-state index contributed by atoms with van der Waals surface area (Å²) in [5, 5.41) is 8.63. The molecule has 0 saturated heterocycles. The van der Waals surface area contributed by atoms with Crippen molar-refractivity contribution in [3.8, 4) is 0 Å². The molecule has 0 saturated carbocycles. The maximum Gasteiger partial charge on any atom is 0.303 e. The number of unbranched alkanes of at least 4 members (excludes halogenated alkanes) is 6. The lowest BCUT2D eigenvalue weighted by atomic mass is 10.1. The van der Waals surface area contributed by atoms with Gasteiger partial charge in [-0.05, 0) is 12.8 Å². The zero-order chi connectivity index (χ0) is 12.2. The van der Waals surface area contributed by atoms with Gasteiger partial charge in [0.25, 0.3) is 0 Å². The van der Waals surface area contributed by atoms with Gasteiger partial charge in [-0.1, -0.05) is 43.9 Å². The largest absolute Gasteiger partial charge is 0.481 e. The van der Waals surface area contributed by atoms with Gasteiger partial charge in [0.2, 0.25) is 0 Å². The minimum absolute atomic E-state index is 0.202. The van der Waals surface area contributed by atoms with Gasteiger partial charge in [0.05, 0.1) is 0 Å². The lowest BCUT2D eigenvalue weighted by molar-refractivity contribution is -0.137. The molecule has 0 fully saturated rings. The third-order valence-electron chi connectivity index (χ3n) is 2.34. The molecule has 0 spiro atoms. The lowest BCUT2D eigenvalue weighted by Gasteiger charge is -2.00. The smallest absolute Gasteiger partial charge is 0.303 e. The molecule has 0 aliphatic heterocycles. The molecular weight excluding hydrogens is 224 g/mol. The van der Waals surface area contributed by atoms with Crippen LogP contribution in [0.5, 0.6) is 0 Å². The molecule has 0 bridgehead atoms. The molecule has 16 heavy (non-hydrogen) atoms. The van der Waals surface area contributed by atoms with Gasteiger partial charge in [-0.3, -0.25) is 9.59 Å². The van der Waals surface area contributed by atoms with Crippen LogP contribution >= 0.6 is 11.8 Å². The Bertz CT molecular complexity index is 182. The van der Waals surface area contributed by atoms with Crippen molar-refractivity contribution in [1.29, 1.82) is 0 Å². The molecule has 0 aliphatic rings. The predicted molar refractivity (Wildman–Crippen MR) is 67.7 cm³/mol. The highest BCUT2D eigenvalue weighted by molar-refractivity contribution is 8.13. The molecule has 0 aliphatic carbocycles. The second-order valence-electron chi connectivity index (χ2n) is 3.96. The number of hydrogen-bond donors (Lipinski definition) is 1. The van der Waals surface area contributed by atoms with E-state index in [1.54, 1.807) is 6.92 Å². The van der Waals surface area contributed by atoms with Crippen molar-refractivity contribution in [1.82, 2.24) is 0 Å². The maximum absolute atomic E-state index is 10.6. The SMILES string of the molecule is CC(=O)SCCCCCCCCCC(=O)O. The molecule has 0 aromatic rings. The van der Waals surface area contributed by atoms with E-state index in [1.807, 2.05) is 0 Å². The first-order valence-corrected chi connectivity index (χ1v) is 6.96. The Kier molecular flexibility index (Phi) is 10.6. The van der Waals surface area contributed by atoms with Crippen LogP contribution in [-0.4, -0.2) is 21.9 Å². The zero-order valence-corrected chi connectivity index (χ0v) is 10.9. The Morgan fingerprint density at radius 3 is 1.94 bits per heavy atom. The topological polar surface area (TPSA) is 54.4 Å². The predicted octanol–water partition coefficient (Wildman–Crippen LogP) is 3.47. The first-order valence-electron chi connectivity index (χ1n) is 5.98. The molecule has 3 nitrogen and oxygen atoms in total. The Hall–Kier alpha value is -0.510. The number of hydrogen-bond acceptors (Lipinski definition) is 3. The second kappa shape index (κ2) is 11.0. The number of carbonyl (C=O) groups excluding carboxylic acids is 1. The quantitative estimate of drug-likeness (QED) is 0.600. The Labute approximate surface area is 102 Å². The van der Waals surface area contributed by atoms with Crippen LogP contribution in [0.1, 0.15) is 58.3 Å². The van der Waals surface area contributed by atoms with Gasteiger partial charge in [-0.15, -0.1) is 0 Å². The fourth-order valence-electron chi connectivity index (χ4n) is 1.48. The standard InChI is InChI=1S/C12H22O3S/c1-11(13)16-10-8-6-4-2-3-5-7-9-12(14)15/h2-10H2,1H3,(H,14,15). The highest BCUT2D eigenvalue weighted by atomic mass is 32.2. The van der Waals surface area contributed by atoms with Crippen molar-refractivity contribution in [2.75, 3.05) is 5.75 Å². The summed E-state index contributed by atoms with van der Waals surface area (Å²) in [6.45, 7) is 1.60. The van der Waals surface area contributed by atoms with Crippen LogP contribution in [-0.2, 0) is 9.59 Å².